The van der Waals surface area contributed by atoms with E-state index in [1.807, 2.05) is 31.2 Å². The van der Waals surface area contributed by atoms with Crippen LogP contribution in [0.2, 0.25) is 0 Å². The first-order valence-corrected chi connectivity index (χ1v) is 11.2. The van der Waals surface area contributed by atoms with E-state index in [0.29, 0.717) is 5.75 Å². The van der Waals surface area contributed by atoms with Crippen LogP contribution >= 0.6 is 34.4 Å². The molecule has 3 rings (SSSR count). The number of aliphatic carboxylic acids is 1. The lowest BCUT2D eigenvalue weighted by atomic mass is 10.0. The zero-order valence-corrected chi connectivity index (χ0v) is 18.9. The maximum Gasteiger partial charge on any atom is 0.341 e. The van der Waals surface area contributed by atoms with Gasteiger partial charge in [0, 0.05) is 14.2 Å². The third kappa shape index (κ3) is 6.37. The van der Waals surface area contributed by atoms with Crippen molar-refractivity contribution in [2.24, 2.45) is 0 Å². The maximum atomic E-state index is 10.6. The summed E-state index contributed by atoms with van der Waals surface area (Å²) < 4.78 is 6.49. The molecular formula is C24H21IO3S. The van der Waals surface area contributed by atoms with E-state index in [2.05, 4.69) is 77.2 Å². The third-order valence-corrected chi connectivity index (χ3v) is 6.26. The zero-order valence-electron chi connectivity index (χ0n) is 16.0. The van der Waals surface area contributed by atoms with E-state index >= 15 is 0 Å². The predicted molar refractivity (Wildman–Crippen MR) is 129 cm³/mol. The summed E-state index contributed by atoms with van der Waals surface area (Å²) in [5, 5.41) is 8.72. The number of aryl methyl sites for hydroxylation is 1. The van der Waals surface area contributed by atoms with Crippen molar-refractivity contribution in [3.63, 3.8) is 0 Å². The molecule has 3 aromatic carbocycles. The van der Waals surface area contributed by atoms with Gasteiger partial charge in [-0.25, -0.2) is 4.79 Å². The number of hydrogen-bond donors (Lipinski definition) is 1. The normalized spacial score (nSPS) is 11.3. The van der Waals surface area contributed by atoms with Gasteiger partial charge in [-0.05, 0) is 70.0 Å². The Labute approximate surface area is 188 Å². The molecule has 0 aliphatic heterocycles. The van der Waals surface area contributed by atoms with Crippen molar-refractivity contribution < 1.29 is 14.6 Å². The Hall–Kier alpha value is -2.25. The van der Waals surface area contributed by atoms with Crippen LogP contribution in [-0.2, 0) is 4.79 Å². The zero-order chi connectivity index (χ0) is 20.6. The summed E-state index contributed by atoms with van der Waals surface area (Å²) in [6.07, 6.45) is 2.22. The number of rotatable bonds is 8. The highest BCUT2D eigenvalue weighted by atomic mass is 127. The second kappa shape index (κ2) is 10.5. The maximum absolute atomic E-state index is 10.6. The average Bonchev–Trinajstić information content (AvgIpc) is 2.73. The molecule has 0 spiro atoms. The minimum atomic E-state index is -0.973. The molecule has 0 saturated carbocycles. The molecule has 0 aliphatic carbocycles. The van der Waals surface area contributed by atoms with Crippen LogP contribution in [-0.4, -0.2) is 23.4 Å². The van der Waals surface area contributed by atoms with E-state index in [9.17, 15) is 4.79 Å². The molecule has 5 heteroatoms. The van der Waals surface area contributed by atoms with Crippen molar-refractivity contribution in [3.8, 4) is 16.9 Å². The number of halogens is 1. The molecule has 29 heavy (non-hydrogen) atoms. The number of thioether (sulfide) groups is 1. The van der Waals surface area contributed by atoms with Gasteiger partial charge in [-0.3, -0.25) is 0 Å². The third-order valence-electron chi connectivity index (χ3n) is 4.28. The quantitative estimate of drug-likeness (QED) is 0.268. The number of hydrogen-bond acceptors (Lipinski definition) is 3. The van der Waals surface area contributed by atoms with Crippen LogP contribution in [0.25, 0.3) is 14.7 Å². The lowest BCUT2D eigenvalue weighted by Crippen LogP contribution is -2.09. The molecule has 0 bridgehead atoms. The van der Waals surface area contributed by atoms with Gasteiger partial charge >= 0.3 is 5.97 Å². The van der Waals surface area contributed by atoms with Gasteiger partial charge in [-0.15, -0.1) is 11.8 Å². The smallest absolute Gasteiger partial charge is 0.341 e. The summed E-state index contributed by atoms with van der Waals surface area (Å²) in [5.74, 6) is 0.493. The van der Waals surface area contributed by atoms with Gasteiger partial charge < -0.3 is 9.84 Å². The second-order valence-corrected chi connectivity index (χ2v) is 8.67. The minimum absolute atomic E-state index is 0.322. The second-order valence-electron chi connectivity index (χ2n) is 6.42. The Balaban J connectivity index is 1.58. The molecule has 148 valence electrons. The van der Waals surface area contributed by atoms with Gasteiger partial charge in [-0.1, -0.05) is 60.7 Å². The van der Waals surface area contributed by atoms with Gasteiger partial charge in [0.15, 0.2) is 6.61 Å². The van der Waals surface area contributed by atoms with Crippen LogP contribution in [0, 0.1) is 6.92 Å². The van der Waals surface area contributed by atoms with E-state index in [4.69, 9.17) is 9.84 Å². The highest BCUT2D eigenvalue weighted by Gasteiger charge is 2.05. The summed E-state index contributed by atoms with van der Waals surface area (Å²) >= 11 is 4.12. The highest BCUT2D eigenvalue weighted by molar-refractivity contribution is 14.1. The number of benzene rings is 3. The van der Waals surface area contributed by atoms with Crippen molar-refractivity contribution in [1.29, 1.82) is 0 Å². The molecule has 0 heterocycles. The first-order valence-electron chi connectivity index (χ1n) is 9.12. The molecule has 0 unspecified atom stereocenters. The Morgan fingerprint density at radius 3 is 2.38 bits per heavy atom. The Morgan fingerprint density at radius 1 is 1.03 bits per heavy atom. The molecule has 0 radical (unpaired) electrons. The van der Waals surface area contributed by atoms with Crippen LogP contribution < -0.4 is 4.74 Å². The van der Waals surface area contributed by atoms with Crippen molar-refractivity contribution in [1.82, 2.24) is 0 Å². The molecule has 1 N–H and O–H groups in total. The van der Waals surface area contributed by atoms with Crippen molar-refractivity contribution in [3.05, 3.63) is 90.0 Å². The first-order chi connectivity index (χ1) is 14.0. The van der Waals surface area contributed by atoms with Crippen LogP contribution in [0.15, 0.2) is 83.8 Å². The number of ether oxygens (including phenoxy) is 1. The summed E-state index contributed by atoms with van der Waals surface area (Å²) in [4.78, 5) is 11.8. The number of carboxylic acids is 1. The van der Waals surface area contributed by atoms with Gasteiger partial charge in [0.2, 0.25) is 0 Å². The average molecular weight is 516 g/mol. The monoisotopic (exact) mass is 516 g/mol. The number of carboxylic acid groups (broad SMARTS) is 1. The van der Waals surface area contributed by atoms with Gasteiger partial charge in [-0.2, -0.15) is 0 Å². The number of carbonyl (C=O) groups is 1. The Morgan fingerprint density at radius 2 is 1.72 bits per heavy atom. The molecule has 0 aliphatic rings. The van der Waals surface area contributed by atoms with E-state index in [-0.39, 0.29) is 6.61 Å². The summed E-state index contributed by atoms with van der Waals surface area (Å²) in [6, 6.07) is 24.8. The lowest BCUT2D eigenvalue weighted by Gasteiger charge is -2.08. The highest BCUT2D eigenvalue weighted by Crippen LogP contribution is 2.29. The summed E-state index contributed by atoms with van der Waals surface area (Å²) in [5.41, 5.74) is 4.58. The van der Waals surface area contributed by atoms with E-state index in [0.717, 1.165) is 16.2 Å². The Kier molecular flexibility index (Phi) is 7.77. The molecule has 0 aromatic heterocycles. The lowest BCUT2D eigenvalue weighted by molar-refractivity contribution is -0.139. The fourth-order valence-corrected chi connectivity index (χ4v) is 4.54. The molecule has 0 saturated heterocycles. The molecule has 3 nitrogen and oxygen atoms in total. The van der Waals surface area contributed by atoms with Gasteiger partial charge in [0.25, 0.3) is 0 Å². The molecule has 0 fully saturated rings. The standard InChI is InChI=1S/C24H21IO3S/c1-17-15-21(11-12-23(17)28-16-24(26)27)29-14-13-22(25)20-9-7-19(8-10-20)18-5-3-2-4-6-18/h2-13,15H,14,16H2,1H3,(H,26,27). The predicted octanol–water partition coefficient (Wildman–Crippen LogP) is 6.69. The fraction of sp³-hybridized carbons (Fsp3) is 0.125. The van der Waals surface area contributed by atoms with Crippen molar-refractivity contribution in [2.45, 2.75) is 11.8 Å². The van der Waals surface area contributed by atoms with Crippen LogP contribution in [0.1, 0.15) is 11.1 Å². The summed E-state index contributed by atoms with van der Waals surface area (Å²) in [6.45, 7) is 1.60. The van der Waals surface area contributed by atoms with Crippen LogP contribution in [0.3, 0.4) is 0 Å². The molecular weight excluding hydrogens is 495 g/mol. The van der Waals surface area contributed by atoms with Gasteiger partial charge in [0.1, 0.15) is 5.75 Å². The minimum Gasteiger partial charge on any atom is -0.482 e. The van der Waals surface area contributed by atoms with Crippen molar-refractivity contribution >= 4 is 43.9 Å². The molecule has 0 amide bonds. The van der Waals surface area contributed by atoms with E-state index < -0.39 is 5.97 Å². The van der Waals surface area contributed by atoms with Crippen LogP contribution in [0.4, 0.5) is 0 Å². The molecule has 3 aromatic rings. The first kappa shape index (κ1) is 21.5. The van der Waals surface area contributed by atoms with Gasteiger partial charge in [0.05, 0.1) is 0 Å². The fourth-order valence-electron chi connectivity index (χ4n) is 2.79. The van der Waals surface area contributed by atoms with E-state index in [1.165, 1.54) is 20.3 Å². The van der Waals surface area contributed by atoms with Crippen LogP contribution in [0.5, 0.6) is 5.75 Å². The SMILES string of the molecule is Cc1cc(SCC=C(I)c2ccc(-c3ccccc3)cc2)ccc1OCC(=O)O. The topological polar surface area (TPSA) is 46.5 Å². The van der Waals surface area contributed by atoms with E-state index in [1.54, 1.807) is 11.8 Å². The summed E-state index contributed by atoms with van der Waals surface area (Å²) in [7, 11) is 0. The van der Waals surface area contributed by atoms with Crippen molar-refractivity contribution in [2.75, 3.05) is 12.4 Å². The Bertz CT molecular complexity index is 998. The molecule has 0 atom stereocenters. The largest absolute Gasteiger partial charge is 0.482 e.